The molecule has 2 heteroatoms. The van der Waals surface area contributed by atoms with Crippen LogP contribution in [0.15, 0.2) is 0 Å². The van der Waals surface area contributed by atoms with Crippen LogP contribution in [0.25, 0.3) is 0 Å². The van der Waals surface area contributed by atoms with Crippen molar-refractivity contribution in [2.45, 2.75) is 58.1 Å². The average molecular weight is 213 g/mol. The fourth-order valence-electron chi connectivity index (χ4n) is 2.96. The predicted molar refractivity (Wildman–Crippen MR) is 65.1 cm³/mol. The second-order valence-corrected chi connectivity index (χ2v) is 4.94. The summed E-state index contributed by atoms with van der Waals surface area (Å²) >= 11 is 0. The third-order valence-corrected chi connectivity index (χ3v) is 4.19. The Bertz CT molecular complexity index is 164. The molecule has 1 aliphatic rings. The van der Waals surface area contributed by atoms with Gasteiger partial charge in [0.1, 0.15) is 0 Å². The van der Waals surface area contributed by atoms with Crippen molar-refractivity contribution in [3.63, 3.8) is 0 Å². The number of hydrogen-bond acceptors (Lipinski definition) is 2. The maximum Gasteiger partial charge on any atom is 0.0698 e. The number of likely N-dealkylation sites (N-methyl/N-ethyl adjacent to an activating group) is 1. The van der Waals surface area contributed by atoms with Crippen LogP contribution in [-0.4, -0.2) is 26.3 Å². The summed E-state index contributed by atoms with van der Waals surface area (Å²) in [6.45, 7) is 4.49. The molecule has 1 rings (SSSR count). The number of nitrogens with one attached hydrogen (secondary N) is 1. The fourth-order valence-corrected chi connectivity index (χ4v) is 2.96. The molecular formula is C13H27NO. The molecule has 0 saturated heterocycles. The minimum atomic E-state index is 0.332. The van der Waals surface area contributed by atoms with Crippen LogP contribution in [0.3, 0.4) is 0 Å². The quantitative estimate of drug-likeness (QED) is 0.758. The number of hydrogen-bond donors (Lipinski definition) is 1. The molecule has 2 atom stereocenters. The molecule has 0 aliphatic heterocycles. The Kier molecular flexibility index (Phi) is 5.62. The van der Waals surface area contributed by atoms with Gasteiger partial charge in [-0.1, -0.05) is 26.2 Å². The molecule has 1 saturated carbocycles. The fraction of sp³-hybridized carbons (Fsp3) is 1.00. The van der Waals surface area contributed by atoms with E-state index < -0.39 is 0 Å². The van der Waals surface area contributed by atoms with Crippen LogP contribution in [0.2, 0.25) is 0 Å². The largest absolute Gasteiger partial charge is 0.380 e. The molecule has 2 unspecified atom stereocenters. The molecule has 1 aliphatic carbocycles. The van der Waals surface area contributed by atoms with Crippen LogP contribution >= 0.6 is 0 Å². The highest BCUT2D eigenvalue weighted by molar-refractivity contribution is 4.84. The van der Waals surface area contributed by atoms with Crippen molar-refractivity contribution < 1.29 is 4.74 Å². The van der Waals surface area contributed by atoms with Gasteiger partial charge in [0.15, 0.2) is 0 Å². The second-order valence-electron chi connectivity index (χ2n) is 4.94. The van der Waals surface area contributed by atoms with E-state index in [4.69, 9.17) is 4.74 Å². The summed E-state index contributed by atoms with van der Waals surface area (Å²) in [6.07, 6.45) is 7.26. The summed E-state index contributed by atoms with van der Waals surface area (Å²) in [7, 11) is 3.87. The van der Waals surface area contributed by atoms with Crippen molar-refractivity contribution in [3.05, 3.63) is 0 Å². The maximum atomic E-state index is 5.45. The maximum absolute atomic E-state index is 5.45. The molecule has 0 bridgehead atoms. The van der Waals surface area contributed by atoms with Crippen LogP contribution in [0.5, 0.6) is 0 Å². The third kappa shape index (κ3) is 3.46. The van der Waals surface area contributed by atoms with Gasteiger partial charge in [0.2, 0.25) is 0 Å². The molecule has 0 radical (unpaired) electrons. The van der Waals surface area contributed by atoms with Gasteiger partial charge in [-0.25, -0.2) is 0 Å². The lowest BCUT2D eigenvalue weighted by Crippen LogP contribution is -2.44. The Morgan fingerprint density at radius 2 is 1.87 bits per heavy atom. The van der Waals surface area contributed by atoms with E-state index in [1.165, 1.54) is 32.1 Å². The number of ether oxygens (including phenoxy) is 1. The van der Waals surface area contributed by atoms with Crippen LogP contribution < -0.4 is 5.32 Å². The van der Waals surface area contributed by atoms with Gasteiger partial charge < -0.3 is 10.1 Å². The minimum absolute atomic E-state index is 0.332. The van der Waals surface area contributed by atoms with E-state index in [2.05, 4.69) is 26.2 Å². The highest BCUT2D eigenvalue weighted by atomic mass is 16.5. The lowest BCUT2D eigenvalue weighted by Gasteiger charge is -2.36. The smallest absolute Gasteiger partial charge is 0.0698 e. The predicted octanol–water partition coefficient (Wildman–Crippen LogP) is 2.83. The summed E-state index contributed by atoms with van der Waals surface area (Å²) in [5, 5.41) is 3.43. The average Bonchev–Trinajstić information content (AvgIpc) is 2.30. The molecule has 0 spiro atoms. The van der Waals surface area contributed by atoms with E-state index >= 15 is 0 Å². The van der Waals surface area contributed by atoms with Crippen LogP contribution in [0.4, 0.5) is 0 Å². The first kappa shape index (κ1) is 13.0. The van der Waals surface area contributed by atoms with E-state index in [9.17, 15) is 0 Å². The van der Waals surface area contributed by atoms with Crippen LogP contribution in [-0.2, 0) is 4.74 Å². The van der Waals surface area contributed by atoms with Gasteiger partial charge in [-0.05, 0) is 38.6 Å². The van der Waals surface area contributed by atoms with Gasteiger partial charge in [-0.2, -0.15) is 0 Å². The summed E-state index contributed by atoms with van der Waals surface area (Å²) in [6, 6.07) is 0.535. The molecule has 15 heavy (non-hydrogen) atoms. The Morgan fingerprint density at radius 1 is 1.27 bits per heavy atom. The zero-order valence-corrected chi connectivity index (χ0v) is 10.8. The molecule has 0 heterocycles. The summed E-state index contributed by atoms with van der Waals surface area (Å²) in [4.78, 5) is 0. The van der Waals surface area contributed by atoms with Gasteiger partial charge >= 0.3 is 0 Å². The Balaban J connectivity index is 2.42. The lowest BCUT2D eigenvalue weighted by molar-refractivity contribution is 0.0509. The molecule has 1 N–H and O–H groups in total. The van der Waals surface area contributed by atoms with E-state index in [1.807, 2.05) is 7.11 Å². The van der Waals surface area contributed by atoms with Gasteiger partial charge in [0.25, 0.3) is 0 Å². The van der Waals surface area contributed by atoms with Crippen molar-refractivity contribution in [3.8, 4) is 0 Å². The van der Waals surface area contributed by atoms with Crippen LogP contribution in [0.1, 0.15) is 46.0 Å². The van der Waals surface area contributed by atoms with Gasteiger partial charge in [0, 0.05) is 13.2 Å². The van der Waals surface area contributed by atoms with E-state index in [0.717, 1.165) is 11.8 Å². The standard InChI is InChI=1S/C13H27NO/c1-5-11-6-8-12(9-7-11)13(14-3)10(2)15-4/h10-14H,5-9H2,1-4H3. The minimum Gasteiger partial charge on any atom is -0.380 e. The summed E-state index contributed by atoms with van der Waals surface area (Å²) < 4.78 is 5.45. The molecule has 1 fully saturated rings. The van der Waals surface area contributed by atoms with E-state index in [0.29, 0.717) is 12.1 Å². The normalized spacial score (nSPS) is 31.2. The van der Waals surface area contributed by atoms with Crippen molar-refractivity contribution in [2.24, 2.45) is 11.8 Å². The summed E-state index contributed by atoms with van der Waals surface area (Å²) in [5.41, 5.74) is 0. The van der Waals surface area contributed by atoms with Gasteiger partial charge in [-0.3, -0.25) is 0 Å². The van der Waals surface area contributed by atoms with Crippen LogP contribution in [0, 0.1) is 11.8 Å². The van der Waals surface area contributed by atoms with Gasteiger partial charge in [0.05, 0.1) is 6.10 Å². The SMILES string of the molecule is CCC1CCC(C(NC)C(C)OC)CC1. The van der Waals surface area contributed by atoms with Crippen molar-refractivity contribution in [2.75, 3.05) is 14.2 Å². The number of rotatable bonds is 5. The zero-order valence-electron chi connectivity index (χ0n) is 10.8. The van der Waals surface area contributed by atoms with Crippen molar-refractivity contribution in [1.82, 2.24) is 5.32 Å². The zero-order chi connectivity index (χ0) is 11.3. The monoisotopic (exact) mass is 213 g/mol. The Morgan fingerprint density at radius 3 is 2.27 bits per heavy atom. The highest BCUT2D eigenvalue weighted by Crippen LogP contribution is 2.33. The first-order valence-corrected chi connectivity index (χ1v) is 6.42. The number of methoxy groups -OCH3 is 1. The highest BCUT2D eigenvalue weighted by Gasteiger charge is 2.29. The third-order valence-electron chi connectivity index (χ3n) is 4.19. The van der Waals surface area contributed by atoms with E-state index in [1.54, 1.807) is 0 Å². The van der Waals surface area contributed by atoms with Gasteiger partial charge in [-0.15, -0.1) is 0 Å². The lowest BCUT2D eigenvalue weighted by atomic mass is 9.76. The molecule has 0 amide bonds. The second kappa shape index (κ2) is 6.49. The van der Waals surface area contributed by atoms with Crippen molar-refractivity contribution in [1.29, 1.82) is 0 Å². The first-order valence-electron chi connectivity index (χ1n) is 6.42. The molecule has 2 nitrogen and oxygen atoms in total. The molecule has 0 aromatic carbocycles. The summed E-state index contributed by atoms with van der Waals surface area (Å²) in [5.74, 6) is 1.80. The molecule has 0 aromatic rings. The van der Waals surface area contributed by atoms with E-state index in [-0.39, 0.29) is 0 Å². The Hall–Kier alpha value is -0.0800. The molecule has 90 valence electrons. The molecular weight excluding hydrogens is 186 g/mol. The molecule has 0 aromatic heterocycles. The Labute approximate surface area is 94.8 Å². The first-order chi connectivity index (χ1) is 7.22. The topological polar surface area (TPSA) is 21.3 Å². The van der Waals surface area contributed by atoms with Crippen molar-refractivity contribution >= 4 is 0 Å².